The van der Waals surface area contributed by atoms with Gasteiger partial charge >= 0.3 is 0 Å². The zero-order valence-electron chi connectivity index (χ0n) is 36.5. The van der Waals surface area contributed by atoms with E-state index in [1.54, 1.807) is 0 Å². The summed E-state index contributed by atoms with van der Waals surface area (Å²) in [6.07, 6.45) is 42.7. The lowest BCUT2D eigenvalue weighted by Crippen LogP contribution is -2.53. The summed E-state index contributed by atoms with van der Waals surface area (Å²) in [5.41, 5.74) is 0. The molecular formula is C50H88N2O2. The van der Waals surface area contributed by atoms with Crippen molar-refractivity contribution in [2.75, 3.05) is 14.2 Å². The SMILES string of the molecule is COC1CC(C2CCC(N(C3CCC(C)CC3)C3CCC(C)CC3)CC2)C(OC)CC1/C=C/C1CCC(N(C2CCC(C)CC2)C2CCC(C)CC2)CC1. The maximum Gasteiger partial charge on any atom is 0.0638 e. The zero-order chi connectivity index (χ0) is 37.6. The van der Waals surface area contributed by atoms with E-state index in [1.807, 2.05) is 14.2 Å². The average molecular weight is 749 g/mol. The van der Waals surface area contributed by atoms with Gasteiger partial charge in [-0.1, -0.05) is 39.8 Å². The van der Waals surface area contributed by atoms with Crippen LogP contribution in [0.1, 0.15) is 195 Å². The Bertz CT molecular complexity index is 1050. The second-order valence-electron chi connectivity index (χ2n) is 21.4. The molecule has 0 aliphatic heterocycles. The van der Waals surface area contributed by atoms with Crippen LogP contribution in [0.25, 0.3) is 0 Å². The third-order valence-electron chi connectivity index (χ3n) is 17.8. The highest BCUT2D eigenvalue weighted by atomic mass is 16.5. The Morgan fingerprint density at radius 3 is 1.06 bits per heavy atom. The van der Waals surface area contributed by atoms with E-state index in [1.165, 1.54) is 161 Å². The quantitative estimate of drug-likeness (QED) is 0.196. The van der Waals surface area contributed by atoms with Crippen molar-refractivity contribution in [1.29, 1.82) is 0 Å². The van der Waals surface area contributed by atoms with Gasteiger partial charge in [-0.15, -0.1) is 0 Å². The van der Waals surface area contributed by atoms with Crippen LogP contribution in [0.15, 0.2) is 12.2 Å². The fourth-order valence-corrected chi connectivity index (χ4v) is 14.1. The molecule has 7 saturated carbocycles. The topological polar surface area (TPSA) is 24.9 Å². The third-order valence-corrected chi connectivity index (χ3v) is 17.8. The molecule has 7 fully saturated rings. The van der Waals surface area contributed by atoms with Gasteiger partial charge in [0.25, 0.3) is 0 Å². The normalized spacial score (nSPS) is 45.9. The van der Waals surface area contributed by atoms with Gasteiger partial charge in [0.15, 0.2) is 0 Å². The summed E-state index contributed by atoms with van der Waals surface area (Å²) in [6, 6.07) is 5.06. The van der Waals surface area contributed by atoms with Crippen LogP contribution in [0, 0.1) is 47.3 Å². The maximum absolute atomic E-state index is 6.42. The zero-order valence-corrected chi connectivity index (χ0v) is 36.5. The van der Waals surface area contributed by atoms with Gasteiger partial charge in [0, 0.05) is 56.4 Å². The minimum Gasteiger partial charge on any atom is -0.381 e. The number of hydrogen-bond donors (Lipinski definition) is 0. The van der Waals surface area contributed by atoms with E-state index in [2.05, 4.69) is 49.6 Å². The lowest BCUT2D eigenvalue weighted by Gasteiger charge is -2.51. The van der Waals surface area contributed by atoms with Crippen molar-refractivity contribution >= 4 is 0 Å². The molecule has 0 bridgehead atoms. The van der Waals surface area contributed by atoms with Crippen LogP contribution < -0.4 is 0 Å². The second kappa shape index (κ2) is 20.0. The molecule has 0 N–H and O–H groups in total. The van der Waals surface area contributed by atoms with Gasteiger partial charge in [0.05, 0.1) is 12.2 Å². The average Bonchev–Trinajstić information content (AvgIpc) is 3.20. The van der Waals surface area contributed by atoms with E-state index < -0.39 is 0 Å². The number of hydrogen-bond acceptors (Lipinski definition) is 4. The van der Waals surface area contributed by atoms with E-state index in [0.717, 1.165) is 78.2 Å². The molecule has 4 unspecified atom stereocenters. The van der Waals surface area contributed by atoms with Gasteiger partial charge in [0.2, 0.25) is 0 Å². The summed E-state index contributed by atoms with van der Waals surface area (Å²) in [7, 11) is 4.01. The van der Waals surface area contributed by atoms with Gasteiger partial charge in [-0.05, 0) is 208 Å². The van der Waals surface area contributed by atoms with Crippen molar-refractivity contribution in [3.8, 4) is 0 Å². The molecule has 4 atom stereocenters. The summed E-state index contributed by atoms with van der Waals surface area (Å²) in [6.45, 7) is 9.97. The first kappa shape index (κ1) is 41.7. The van der Waals surface area contributed by atoms with Crippen molar-refractivity contribution in [2.24, 2.45) is 47.3 Å². The van der Waals surface area contributed by atoms with Gasteiger partial charge < -0.3 is 9.47 Å². The molecule has 310 valence electrons. The van der Waals surface area contributed by atoms with Crippen LogP contribution in [-0.2, 0) is 9.47 Å². The predicted molar refractivity (Wildman–Crippen MR) is 228 cm³/mol. The molecule has 7 aliphatic rings. The summed E-state index contributed by atoms with van der Waals surface area (Å²) in [5.74, 6) is 6.44. The van der Waals surface area contributed by atoms with E-state index in [0.29, 0.717) is 24.0 Å². The van der Waals surface area contributed by atoms with E-state index in [-0.39, 0.29) is 0 Å². The Morgan fingerprint density at radius 1 is 0.370 bits per heavy atom. The summed E-state index contributed by atoms with van der Waals surface area (Å²) in [4.78, 5) is 6.32. The first-order chi connectivity index (χ1) is 26.3. The molecule has 0 spiro atoms. The Labute approximate surface area is 335 Å². The third kappa shape index (κ3) is 10.4. The van der Waals surface area contributed by atoms with Gasteiger partial charge in [0.1, 0.15) is 0 Å². The first-order valence-corrected chi connectivity index (χ1v) is 24.6. The van der Waals surface area contributed by atoms with Crippen molar-refractivity contribution in [3.63, 3.8) is 0 Å². The van der Waals surface area contributed by atoms with Gasteiger partial charge in [-0.2, -0.15) is 0 Å². The molecule has 0 aromatic rings. The van der Waals surface area contributed by atoms with Crippen molar-refractivity contribution < 1.29 is 9.47 Å². The van der Waals surface area contributed by atoms with Crippen LogP contribution in [0.5, 0.6) is 0 Å². The van der Waals surface area contributed by atoms with Crippen molar-refractivity contribution in [1.82, 2.24) is 9.80 Å². The minimum absolute atomic E-state index is 0.342. The lowest BCUT2D eigenvalue weighted by molar-refractivity contribution is -0.0820. The minimum atomic E-state index is 0.342. The summed E-state index contributed by atoms with van der Waals surface area (Å²) < 4.78 is 12.8. The number of nitrogens with zero attached hydrogens (tertiary/aromatic N) is 2. The first-order valence-electron chi connectivity index (χ1n) is 24.6. The van der Waals surface area contributed by atoms with Gasteiger partial charge in [-0.3, -0.25) is 9.80 Å². The van der Waals surface area contributed by atoms with E-state index >= 15 is 0 Å². The van der Waals surface area contributed by atoms with Crippen molar-refractivity contribution in [2.45, 2.75) is 243 Å². The van der Waals surface area contributed by atoms with Crippen LogP contribution in [0.2, 0.25) is 0 Å². The summed E-state index contributed by atoms with van der Waals surface area (Å²) in [5, 5.41) is 0. The molecule has 54 heavy (non-hydrogen) atoms. The molecule has 4 heteroatoms. The van der Waals surface area contributed by atoms with Crippen LogP contribution in [0.3, 0.4) is 0 Å². The number of rotatable bonds is 11. The fourth-order valence-electron chi connectivity index (χ4n) is 14.1. The van der Waals surface area contributed by atoms with Gasteiger partial charge in [-0.25, -0.2) is 0 Å². The molecule has 0 aromatic carbocycles. The lowest BCUT2D eigenvalue weighted by atomic mass is 9.67. The number of ether oxygens (including phenoxy) is 2. The molecule has 0 aromatic heterocycles. The van der Waals surface area contributed by atoms with E-state index in [9.17, 15) is 0 Å². The van der Waals surface area contributed by atoms with Crippen molar-refractivity contribution in [3.05, 3.63) is 12.2 Å². The standard InChI is InChI=1S/C50H88N2O2/c1-35-7-21-42(22-8-35)51(43-23-9-36(2)10-24-43)46-29-16-39(17-30-46)15-18-41-33-50(54-6)48(34-49(41)53-5)40-19-31-47(32-20-40)52(44-25-11-37(3)12-26-44)45-27-13-38(4)14-28-45/h15,18,35-50H,7-14,16-17,19-34H2,1-6H3/b18-15+. The van der Waals surface area contributed by atoms with Crippen LogP contribution in [0.4, 0.5) is 0 Å². The Balaban J connectivity index is 0.921. The molecule has 0 amide bonds. The maximum atomic E-state index is 6.42. The summed E-state index contributed by atoms with van der Waals surface area (Å²) >= 11 is 0. The largest absolute Gasteiger partial charge is 0.381 e. The van der Waals surface area contributed by atoms with E-state index in [4.69, 9.17) is 9.47 Å². The number of allylic oxidation sites excluding steroid dienone is 1. The Kier molecular flexibility index (Phi) is 15.5. The fraction of sp³-hybridized carbons (Fsp3) is 0.960. The highest BCUT2D eigenvalue weighted by Crippen LogP contribution is 2.46. The molecule has 7 aliphatic carbocycles. The Hall–Kier alpha value is -0.420. The molecule has 7 rings (SSSR count). The van der Waals surface area contributed by atoms with Crippen LogP contribution in [-0.4, -0.2) is 72.5 Å². The Morgan fingerprint density at radius 2 is 0.704 bits per heavy atom. The monoisotopic (exact) mass is 749 g/mol. The highest BCUT2D eigenvalue weighted by molar-refractivity contribution is 5.04. The highest BCUT2D eigenvalue weighted by Gasteiger charge is 2.44. The predicted octanol–water partition coefficient (Wildman–Crippen LogP) is 12.6. The number of methoxy groups -OCH3 is 2. The molecule has 4 nitrogen and oxygen atoms in total. The second-order valence-corrected chi connectivity index (χ2v) is 21.4. The molecule has 0 radical (unpaired) electrons. The molecule has 0 heterocycles. The smallest absolute Gasteiger partial charge is 0.0638 e. The van der Waals surface area contributed by atoms with Crippen LogP contribution >= 0.6 is 0 Å². The molecule has 0 saturated heterocycles. The molecular weight excluding hydrogens is 661 g/mol.